The molecule has 0 aromatic heterocycles. The second-order valence-corrected chi connectivity index (χ2v) is 4.80. The number of aliphatic carboxylic acids is 1. The van der Waals surface area contributed by atoms with E-state index in [0.29, 0.717) is 11.4 Å². The molecule has 0 saturated heterocycles. The van der Waals surface area contributed by atoms with Crippen molar-refractivity contribution in [1.29, 1.82) is 0 Å². The first-order valence-corrected chi connectivity index (χ1v) is 6.05. The van der Waals surface area contributed by atoms with Crippen LogP contribution in [-0.4, -0.2) is 17.2 Å². The molecule has 0 unspecified atom stereocenters. The third-order valence-corrected chi connectivity index (χ3v) is 2.76. The maximum atomic E-state index is 13.4. The Morgan fingerprint density at radius 2 is 2.26 bits per heavy atom. The van der Waals surface area contributed by atoms with Crippen LogP contribution >= 0.6 is 15.9 Å². The van der Waals surface area contributed by atoms with Crippen LogP contribution in [0.3, 0.4) is 0 Å². The summed E-state index contributed by atoms with van der Waals surface area (Å²) in [7, 11) is 0. The van der Waals surface area contributed by atoms with Crippen molar-refractivity contribution in [3.8, 4) is 18.1 Å². The summed E-state index contributed by atoms with van der Waals surface area (Å²) in [6.07, 6.45) is 3.46. The number of terminal acetylenes is 1. The molecule has 3 nitrogen and oxygen atoms in total. The summed E-state index contributed by atoms with van der Waals surface area (Å²) in [5.74, 6) is -2.51. The van der Waals surface area contributed by atoms with E-state index in [1.54, 1.807) is 0 Å². The van der Waals surface area contributed by atoms with Gasteiger partial charge in [0.25, 0.3) is 5.92 Å². The van der Waals surface area contributed by atoms with Crippen LogP contribution in [0.2, 0.25) is 0 Å². The number of ether oxygens (including phenoxy) is 1. The molecule has 1 atom stereocenters. The van der Waals surface area contributed by atoms with Gasteiger partial charge in [-0.05, 0) is 18.2 Å². The summed E-state index contributed by atoms with van der Waals surface area (Å²) >= 11 is 3.08. The van der Waals surface area contributed by atoms with Crippen LogP contribution in [0.5, 0.6) is 5.75 Å². The van der Waals surface area contributed by atoms with Crippen LogP contribution in [0.25, 0.3) is 0 Å². The molecule has 0 saturated carbocycles. The van der Waals surface area contributed by atoms with Crippen molar-refractivity contribution in [3.05, 3.63) is 28.2 Å². The molecule has 0 aliphatic heterocycles. The zero-order valence-electron chi connectivity index (χ0n) is 9.99. The fourth-order valence-electron chi connectivity index (χ4n) is 1.39. The highest BCUT2D eigenvalue weighted by atomic mass is 79.9. The number of halogens is 3. The van der Waals surface area contributed by atoms with E-state index in [2.05, 4.69) is 21.9 Å². The average molecular weight is 333 g/mol. The molecule has 0 radical (unpaired) electrons. The molecule has 0 aliphatic rings. The molecule has 0 spiro atoms. The molecule has 1 aromatic rings. The standard InChI is InChI=1S/C13H11BrF2O3/c1-3-4-11(12(17)18)19-10-6-5-8(14)7-9(10)13(2,15)16/h1,5-7,11H,4H2,2H3,(H,17,18)/t11-/m0/s1. The lowest BCUT2D eigenvalue weighted by molar-refractivity contribution is -0.145. The second kappa shape index (κ2) is 6.02. The summed E-state index contributed by atoms with van der Waals surface area (Å²) in [5, 5.41) is 8.90. The Balaban J connectivity index is 3.13. The van der Waals surface area contributed by atoms with Gasteiger partial charge in [0.1, 0.15) is 5.75 Å². The zero-order valence-corrected chi connectivity index (χ0v) is 11.6. The number of carboxylic acid groups (broad SMARTS) is 1. The molecule has 1 N–H and O–H groups in total. The quantitative estimate of drug-likeness (QED) is 0.840. The third-order valence-electron chi connectivity index (χ3n) is 2.26. The first kappa shape index (κ1) is 15.4. The minimum atomic E-state index is -3.15. The average Bonchev–Trinajstić information content (AvgIpc) is 2.29. The number of hydrogen-bond acceptors (Lipinski definition) is 2. The number of rotatable bonds is 5. The fraction of sp³-hybridized carbons (Fsp3) is 0.308. The topological polar surface area (TPSA) is 46.5 Å². The van der Waals surface area contributed by atoms with Gasteiger partial charge in [0.05, 0.1) is 12.0 Å². The van der Waals surface area contributed by atoms with Crippen molar-refractivity contribution < 1.29 is 23.4 Å². The van der Waals surface area contributed by atoms with E-state index < -0.39 is 23.6 Å². The fourth-order valence-corrected chi connectivity index (χ4v) is 1.75. The van der Waals surface area contributed by atoms with Gasteiger partial charge >= 0.3 is 5.97 Å². The number of hydrogen-bond donors (Lipinski definition) is 1. The van der Waals surface area contributed by atoms with Crippen molar-refractivity contribution in [2.45, 2.75) is 25.4 Å². The van der Waals surface area contributed by atoms with Gasteiger partial charge in [-0.2, -0.15) is 0 Å². The van der Waals surface area contributed by atoms with Crippen molar-refractivity contribution in [3.63, 3.8) is 0 Å². The molecular formula is C13H11BrF2O3. The van der Waals surface area contributed by atoms with Gasteiger partial charge in [0.15, 0.2) is 0 Å². The monoisotopic (exact) mass is 332 g/mol. The number of alkyl halides is 2. The predicted molar refractivity (Wildman–Crippen MR) is 69.2 cm³/mol. The Labute approximate surface area is 117 Å². The molecule has 6 heteroatoms. The summed E-state index contributed by atoms with van der Waals surface area (Å²) < 4.78 is 32.4. The molecule has 1 aromatic carbocycles. The molecule has 0 heterocycles. The van der Waals surface area contributed by atoms with E-state index >= 15 is 0 Å². The van der Waals surface area contributed by atoms with Gasteiger partial charge in [-0.25, -0.2) is 13.6 Å². The van der Waals surface area contributed by atoms with E-state index in [1.807, 2.05) is 0 Å². The minimum Gasteiger partial charge on any atom is -0.478 e. The summed E-state index contributed by atoms with van der Waals surface area (Å²) in [6, 6.07) is 3.95. The van der Waals surface area contributed by atoms with E-state index in [9.17, 15) is 13.6 Å². The van der Waals surface area contributed by atoms with E-state index in [0.717, 1.165) is 0 Å². The number of benzene rings is 1. The van der Waals surface area contributed by atoms with Gasteiger partial charge in [-0.3, -0.25) is 0 Å². The van der Waals surface area contributed by atoms with Crippen LogP contribution in [0.15, 0.2) is 22.7 Å². The molecule has 0 fully saturated rings. The lowest BCUT2D eigenvalue weighted by atomic mass is 10.1. The van der Waals surface area contributed by atoms with Crippen LogP contribution in [0, 0.1) is 12.3 Å². The predicted octanol–water partition coefficient (Wildman–Crippen LogP) is 3.42. The van der Waals surface area contributed by atoms with Crippen LogP contribution < -0.4 is 4.74 Å². The van der Waals surface area contributed by atoms with Gasteiger partial charge < -0.3 is 9.84 Å². The Bertz CT molecular complexity index is 518. The molecule has 102 valence electrons. The Hall–Kier alpha value is -1.61. The SMILES string of the molecule is C#CC[C@H](Oc1ccc(Br)cc1C(C)(F)F)C(=O)O. The van der Waals surface area contributed by atoms with Gasteiger partial charge in [-0.1, -0.05) is 15.9 Å². The lowest BCUT2D eigenvalue weighted by Gasteiger charge is -2.19. The number of carbonyl (C=O) groups is 1. The van der Waals surface area contributed by atoms with E-state index in [4.69, 9.17) is 16.3 Å². The highest BCUT2D eigenvalue weighted by Gasteiger charge is 2.30. The first-order valence-electron chi connectivity index (χ1n) is 5.26. The normalized spacial score (nSPS) is 12.6. The largest absolute Gasteiger partial charge is 0.478 e. The maximum Gasteiger partial charge on any atom is 0.345 e. The Kier molecular flexibility index (Phi) is 4.90. The lowest BCUT2D eigenvalue weighted by Crippen LogP contribution is -2.27. The van der Waals surface area contributed by atoms with Crippen molar-refractivity contribution in [1.82, 2.24) is 0 Å². The van der Waals surface area contributed by atoms with Crippen LogP contribution in [0.1, 0.15) is 18.9 Å². The highest BCUT2D eigenvalue weighted by molar-refractivity contribution is 9.10. The van der Waals surface area contributed by atoms with E-state index in [1.165, 1.54) is 18.2 Å². The van der Waals surface area contributed by atoms with Gasteiger partial charge in [0, 0.05) is 11.4 Å². The smallest absolute Gasteiger partial charge is 0.345 e. The van der Waals surface area contributed by atoms with Crippen molar-refractivity contribution >= 4 is 21.9 Å². The molecule has 19 heavy (non-hydrogen) atoms. The minimum absolute atomic E-state index is 0.196. The molecule has 0 bridgehead atoms. The van der Waals surface area contributed by atoms with E-state index in [-0.39, 0.29) is 12.2 Å². The molecule has 1 rings (SSSR count). The summed E-state index contributed by atoms with van der Waals surface area (Å²) in [5.41, 5.74) is -0.398. The highest BCUT2D eigenvalue weighted by Crippen LogP contribution is 2.36. The third kappa shape index (κ3) is 4.21. The molecular weight excluding hydrogens is 322 g/mol. The molecule has 0 aliphatic carbocycles. The Morgan fingerprint density at radius 3 is 2.74 bits per heavy atom. The summed E-state index contributed by atoms with van der Waals surface area (Å²) in [4.78, 5) is 10.9. The van der Waals surface area contributed by atoms with Crippen LogP contribution in [-0.2, 0) is 10.7 Å². The van der Waals surface area contributed by atoms with Gasteiger partial charge in [-0.15, -0.1) is 12.3 Å². The number of carboxylic acids is 1. The van der Waals surface area contributed by atoms with Crippen molar-refractivity contribution in [2.75, 3.05) is 0 Å². The Morgan fingerprint density at radius 1 is 1.63 bits per heavy atom. The zero-order chi connectivity index (χ0) is 14.6. The van der Waals surface area contributed by atoms with Crippen molar-refractivity contribution in [2.24, 2.45) is 0 Å². The summed E-state index contributed by atoms with van der Waals surface area (Å²) in [6.45, 7) is 0.707. The second-order valence-electron chi connectivity index (χ2n) is 3.88. The van der Waals surface area contributed by atoms with Gasteiger partial charge in [0.2, 0.25) is 6.10 Å². The maximum absolute atomic E-state index is 13.4. The first-order chi connectivity index (χ1) is 8.75. The molecule has 0 amide bonds. The van der Waals surface area contributed by atoms with Crippen LogP contribution in [0.4, 0.5) is 8.78 Å².